The van der Waals surface area contributed by atoms with Crippen LogP contribution in [0.2, 0.25) is 5.02 Å². The Morgan fingerprint density at radius 3 is 2.29 bits per heavy atom. The molecular formula is C13H10Cl2N2. The molecular weight excluding hydrogens is 255 g/mol. The van der Waals surface area contributed by atoms with Crippen molar-refractivity contribution in [3.8, 4) is 0 Å². The highest BCUT2D eigenvalue weighted by molar-refractivity contribution is 6.69. The highest BCUT2D eigenvalue weighted by atomic mass is 35.5. The molecule has 0 aliphatic carbocycles. The van der Waals surface area contributed by atoms with Crippen molar-refractivity contribution in [1.82, 2.24) is 0 Å². The van der Waals surface area contributed by atoms with Gasteiger partial charge in [0.2, 0.25) is 0 Å². The fraction of sp³-hybridized carbons (Fsp3) is 0. The van der Waals surface area contributed by atoms with Crippen LogP contribution in [0.1, 0.15) is 5.56 Å². The number of benzene rings is 2. The van der Waals surface area contributed by atoms with Crippen molar-refractivity contribution in [3.05, 3.63) is 65.2 Å². The van der Waals surface area contributed by atoms with Crippen LogP contribution in [0, 0.1) is 0 Å². The van der Waals surface area contributed by atoms with Gasteiger partial charge in [-0.2, -0.15) is 5.10 Å². The number of hydrogen-bond acceptors (Lipinski definition) is 2. The van der Waals surface area contributed by atoms with Gasteiger partial charge in [0.1, 0.15) is 0 Å². The van der Waals surface area contributed by atoms with Gasteiger partial charge in [0.05, 0.1) is 10.7 Å². The molecule has 0 saturated carbocycles. The second kappa shape index (κ2) is 5.71. The average Bonchev–Trinajstić information content (AvgIpc) is 2.38. The Labute approximate surface area is 110 Å². The van der Waals surface area contributed by atoms with E-state index in [0.29, 0.717) is 10.2 Å². The van der Waals surface area contributed by atoms with Crippen molar-refractivity contribution in [2.45, 2.75) is 0 Å². The second-order valence-corrected chi connectivity index (χ2v) is 4.13. The molecule has 0 bridgehead atoms. The van der Waals surface area contributed by atoms with Crippen molar-refractivity contribution in [3.63, 3.8) is 0 Å². The minimum atomic E-state index is 0.394. The van der Waals surface area contributed by atoms with Crippen LogP contribution in [-0.2, 0) is 0 Å². The summed E-state index contributed by atoms with van der Waals surface area (Å²) in [5, 5.41) is 5.07. The van der Waals surface area contributed by atoms with Crippen molar-refractivity contribution in [2.24, 2.45) is 5.10 Å². The summed E-state index contributed by atoms with van der Waals surface area (Å²) in [6.07, 6.45) is 0. The summed E-state index contributed by atoms with van der Waals surface area (Å²) in [5.74, 6) is 0. The Bertz CT molecular complexity index is 524. The highest BCUT2D eigenvalue weighted by Crippen LogP contribution is 2.20. The fourth-order valence-corrected chi connectivity index (χ4v) is 1.65. The van der Waals surface area contributed by atoms with E-state index in [9.17, 15) is 0 Å². The molecule has 4 heteroatoms. The molecule has 2 aromatic carbocycles. The molecule has 2 rings (SSSR count). The SMILES string of the molecule is Cl/C(=N/Nc1ccccc1Cl)c1ccccc1. The first-order valence-corrected chi connectivity index (χ1v) is 5.82. The Kier molecular flexibility index (Phi) is 4.02. The maximum atomic E-state index is 6.05. The van der Waals surface area contributed by atoms with Crippen LogP contribution < -0.4 is 5.43 Å². The van der Waals surface area contributed by atoms with Gasteiger partial charge in [0.25, 0.3) is 0 Å². The van der Waals surface area contributed by atoms with E-state index in [4.69, 9.17) is 23.2 Å². The highest BCUT2D eigenvalue weighted by Gasteiger charge is 2.00. The quantitative estimate of drug-likeness (QED) is 0.647. The largest absolute Gasteiger partial charge is 0.276 e. The molecule has 0 heterocycles. The van der Waals surface area contributed by atoms with Crippen molar-refractivity contribution < 1.29 is 0 Å². The van der Waals surface area contributed by atoms with E-state index in [2.05, 4.69) is 10.5 Å². The zero-order valence-electron chi connectivity index (χ0n) is 8.90. The second-order valence-electron chi connectivity index (χ2n) is 3.36. The molecule has 0 fully saturated rings. The fourth-order valence-electron chi connectivity index (χ4n) is 1.30. The van der Waals surface area contributed by atoms with E-state index in [1.54, 1.807) is 6.07 Å². The van der Waals surface area contributed by atoms with Crippen molar-refractivity contribution >= 4 is 34.1 Å². The van der Waals surface area contributed by atoms with Gasteiger partial charge in [-0.25, -0.2) is 0 Å². The first kappa shape index (κ1) is 12.0. The van der Waals surface area contributed by atoms with Crippen molar-refractivity contribution in [1.29, 1.82) is 0 Å². The van der Waals surface area contributed by atoms with Gasteiger partial charge in [-0.1, -0.05) is 65.7 Å². The Morgan fingerprint density at radius 1 is 0.941 bits per heavy atom. The van der Waals surface area contributed by atoms with Gasteiger partial charge in [-0.15, -0.1) is 0 Å². The Hall–Kier alpha value is -1.51. The van der Waals surface area contributed by atoms with Crippen LogP contribution in [-0.4, -0.2) is 5.17 Å². The number of halogens is 2. The van der Waals surface area contributed by atoms with Crippen LogP contribution in [0.15, 0.2) is 59.7 Å². The van der Waals surface area contributed by atoms with E-state index in [-0.39, 0.29) is 0 Å². The van der Waals surface area contributed by atoms with Gasteiger partial charge in [0.15, 0.2) is 5.17 Å². The first-order chi connectivity index (χ1) is 8.27. The number of rotatable bonds is 3. The van der Waals surface area contributed by atoms with E-state index < -0.39 is 0 Å². The predicted octanol–water partition coefficient (Wildman–Crippen LogP) is 4.35. The molecule has 2 nitrogen and oxygen atoms in total. The number of nitrogens with zero attached hydrogens (tertiary/aromatic N) is 1. The minimum Gasteiger partial charge on any atom is -0.276 e. The zero-order valence-corrected chi connectivity index (χ0v) is 10.4. The average molecular weight is 265 g/mol. The van der Waals surface area contributed by atoms with Crippen LogP contribution in [0.25, 0.3) is 0 Å². The van der Waals surface area contributed by atoms with Crippen LogP contribution >= 0.6 is 23.2 Å². The summed E-state index contributed by atoms with van der Waals surface area (Å²) >= 11 is 12.0. The molecule has 0 amide bonds. The van der Waals surface area contributed by atoms with Crippen LogP contribution in [0.4, 0.5) is 5.69 Å². The molecule has 86 valence electrons. The number of anilines is 1. The smallest absolute Gasteiger partial charge is 0.156 e. The number of hydrazone groups is 1. The lowest BCUT2D eigenvalue weighted by molar-refractivity contribution is 1.34. The Balaban J connectivity index is 2.14. The lowest BCUT2D eigenvalue weighted by Gasteiger charge is -2.03. The predicted molar refractivity (Wildman–Crippen MR) is 73.9 cm³/mol. The Morgan fingerprint density at radius 2 is 1.59 bits per heavy atom. The summed E-state index contributed by atoms with van der Waals surface area (Å²) in [6, 6.07) is 16.9. The monoisotopic (exact) mass is 264 g/mol. The summed E-state index contributed by atoms with van der Waals surface area (Å²) < 4.78 is 0. The van der Waals surface area contributed by atoms with E-state index >= 15 is 0 Å². The number of nitrogens with one attached hydrogen (secondary N) is 1. The van der Waals surface area contributed by atoms with Crippen molar-refractivity contribution in [2.75, 3.05) is 5.43 Å². The van der Waals surface area contributed by atoms with Crippen LogP contribution in [0.3, 0.4) is 0 Å². The molecule has 0 aliphatic rings. The number of para-hydroxylation sites is 1. The maximum absolute atomic E-state index is 6.05. The van der Waals surface area contributed by atoms with Gasteiger partial charge < -0.3 is 0 Å². The summed E-state index contributed by atoms with van der Waals surface area (Å²) in [4.78, 5) is 0. The molecule has 0 atom stereocenters. The van der Waals surface area contributed by atoms with E-state index in [1.807, 2.05) is 48.5 Å². The normalized spacial score (nSPS) is 11.3. The lowest BCUT2D eigenvalue weighted by Crippen LogP contribution is -1.97. The van der Waals surface area contributed by atoms with Gasteiger partial charge >= 0.3 is 0 Å². The molecule has 0 spiro atoms. The standard InChI is InChI=1S/C13H10Cl2N2/c14-11-8-4-5-9-12(11)16-17-13(15)10-6-2-1-3-7-10/h1-9,16H/b17-13+. The zero-order chi connectivity index (χ0) is 12.1. The molecule has 0 unspecified atom stereocenters. The van der Waals surface area contributed by atoms with Gasteiger partial charge in [0, 0.05) is 5.56 Å². The summed E-state index contributed by atoms with van der Waals surface area (Å²) in [7, 11) is 0. The lowest BCUT2D eigenvalue weighted by atomic mass is 10.2. The number of hydrogen-bond donors (Lipinski definition) is 1. The topological polar surface area (TPSA) is 24.4 Å². The first-order valence-electron chi connectivity index (χ1n) is 5.06. The molecule has 0 aromatic heterocycles. The molecule has 1 N–H and O–H groups in total. The minimum absolute atomic E-state index is 0.394. The third kappa shape index (κ3) is 3.22. The molecule has 0 radical (unpaired) electrons. The summed E-state index contributed by atoms with van der Waals surface area (Å²) in [5.41, 5.74) is 4.42. The van der Waals surface area contributed by atoms with Gasteiger partial charge in [-0.3, -0.25) is 5.43 Å². The van der Waals surface area contributed by atoms with Gasteiger partial charge in [-0.05, 0) is 12.1 Å². The third-order valence-electron chi connectivity index (χ3n) is 2.16. The van der Waals surface area contributed by atoms with Crippen LogP contribution in [0.5, 0.6) is 0 Å². The van der Waals surface area contributed by atoms with E-state index in [1.165, 1.54) is 0 Å². The molecule has 2 aromatic rings. The molecule has 17 heavy (non-hydrogen) atoms. The molecule has 0 saturated heterocycles. The third-order valence-corrected chi connectivity index (χ3v) is 2.79. The maximum Gasteiger partial charge on any atom is 0.156 e. The van der Waals surface area contributed by atoms with E-state index in [0.717, 1.165) is 11.3 Å². The molecule has 0 aliphatic heterocycles. The summed E-state index contributed by atoms with van der Waals surface area (Å²) in [6.45, 7) is 0.